The molecule has 216 valence electrons. The lowest BCUT2D eigenvalue weighted by Gasteiger charge is -2.32. The summed E-state index contributed by atoms with van der Waals surface area (Å²) in [5, 5.41) is 0. The summed E-state index contributed by atoms with van der Waals surface area (Å²) < 4.78 is 105. The van der Waals surface area contributed by atoms with E-state index in [4.69, 9.17) is 4.74 Å². The quantitative estimate of drug-likeness (QED) is 0.148. The van der Waals surface area contributed by atoms with Crippen LogP contribution in [-0.2, 0) is 0 Å². The highest BCUT2D eigenvalue weighted by atomic mass is 19.3. The van der Waals surface area contributed by atoms with E-state index in [9.17, 15) is 22.0 Å². The van der Waals surface area contributed by atoms with Crippen LogP contribution >= 0.6 is 0 Å². The van der Waals surface area contributed by atoms with E-state index in [1.54, 1.807) is 6.07 Å². The predicted octanol–water partition coefficient (Wildman–Crippen LogP) is 10.7. The van der Waals surface area contributed by atoms with Crippen LogP contribution in [0.5, 0.6) is 5.75 Å². The summed E-state index contributed by atoms with van der Waals surface area (Å²) in [7, 11) is 0. The molecular weight excluding hydrogens is 545 g/mol. The van der Waals surface area contributed by atoms with Gasteiger partial charge in [0, 0.05) is 11.1 Å². The number of allylic oxidation sites excluding steroid dienone is 5. The van der Waals surface area contributed by atoms with E-state index in [-0.39, 0.29) is 28.0 Å². The average molecular weight is 575 g/mol. The molecule has 0 aliphatic heterocycles. The van der Waals surface area contributed by atoms with E-state index in [1.807, 2.05) is 0 Å². The molecule has 1 nitrogen and oxygen atoms in total. The summed E-state index contributed by atoms with van der Waals surface area (Å²) >= 11 is 0. The number of hydrogen-bond acceptors (Lipinski definition) is 1. The van der Waals surface area contributed by atoms with Crippen LogP contribution < -0.4 is 4.74 Å². The lowest BCUT2D eigenvalue weighted by Crippen LogP contribution is -2.36. The lowest BCUT2D eigenvalue weighted by molar-refractivity contribution is -0.223. The smallest absolute Gasteiger partial charge is 0.400 e. The summed E-state index contributed by atoms with van der Waals surface area (Å²) in [5.41, 5.74) is 0.428. The second-order valence-electron chi connectivity index (χ2n) is 10.3. The molecule has 0 saturated heterocycles. The molecule has 0 spiro atoms. The number of hydrogen-bond donors (Lipinski definition) is 0. The predicted molar refractivity (Wildman–Crippen MR) is 147 cm³/mol. The zero-order valence-electron chi connectivity index (χ0n) is 22.6. The van der Waals surface area contributed by atoms with Gasteiger partial charge >= 0.3 is 6.11 Å². The van der Waals surface area contributed by atoms with Crippen LogP contribution in [0.4, 0.5) is 30.7 Å². The fourth-order valence-corrected chi connectivity index (χ4v) is 4.97. The van der Waals surface area contributed by atoms with E-state index in [1.165, 1.54) is 49.4 Å². The standard InChI is InChI=1S/C33H29F7O/c1-4-26(23-17-30(36)32(38)31(37)18-23)28(34)15-20(3)27-14-9-22(16-29(27)35)21-7-12-25(13-8-21)41-33(39,40)24-10-5-19(2)6-11-24/h4,7-9,12-19,24H,3,5-6,10-11H2,1-2H3/b26-4-,28-15+. The van der Waals surface area contributed by atoms with Gasteiger partial charge < -0.3 is 4.74 Å². The van der Waals surface area contributed by atoms with Gasteiger partial charge in [-0.15, -0.1) is 0 Å². The Morgan fingerprint density at radius 1 is 0.854 bits per heavy atom. The van der Waals surface area contributed by atoms with Crippen molar-refractivity contribution in [3.05, 3.63) is 114 Å². The van der Waals surface area contributed by atoms with Gasteiger partial charge in [-0.25, -0.2) is 22.0 Å². The average Bonchev–Trinajstić information content (AvgIpc) is 2.92. The van der Waals surface area contributed by atoms with Crippen molar-refractivity contribution >= 4 is 11.1 Å². The Morgan fingerprint density at radius 3 is 2.00 bits per heavy atom. The maximum absolute atomic E-state index is 15.0. The summed E-state index contributed by atoms with van der Waals surface area (Å²) in [6.45, 7) is 7.17. The van der Waals surface area contributed by atoms with Crippen molar-refractivity contribution in [1.29, 1.82) is 0 Å². The molecule has 1 saturated carbocycles. The molecule has 0 aromatic heterocycles. The van der Waals surface area contributed by atoms with Gasteiger partial charge in [0.2, 0.25) is 0 Å². The van der Waals surface area contributed by atoms with E-state index in [2.05, 4.69) is 13.5 Å². The first-order valence-corrected chi connectivity index (χ1v) is 13.2. The third-order valence-electron chi connectivity index (χ3n) is 7.39. The van der Waals surface area contributed by atoms with Crippen molar-refractivity contribution in [2.75, 3.05) is 0 Å². The molecule has 0 bridgehead atoms. The third kappa shape index (κ3) is 6.92. The van der Waals surface area contributed by atoms with Crippen molar-refractivity contribution < 1.29 is 35.5 Å². The highest BCUT2D eigenvalue weighted by Gasteiger charge is 2.43. The highest BCUT2D eigenvalue weighted by molar-refractivity contribution is 5.83. The number of benzene rings is 3. The second kappa shape index (κ2) is 12.4. The third-order valence-corrected chi connectivity index (χ3v) is 7.39. The summed E-state index contributed by atoms with van der Waals surface area (Å²) in [5.74, 6) is -6.70. The molecule has 1 aliphatic rings. The Balaban J connectivity index is 1.48. The minimum absolute atomic E-state index is 0.00385. The van der Waals surface area contributed by atoms with Crippen molar-refractivity contribution in [1.82, 2.24) is 0 Å². The van der Waals surface area contributed by atoms with E-state index >= 15 is 8.78 Å². The van der Waals surface area contributed by atoms with Crippen LogP contribution in [0.15, 0.2) is 79.2 Å². The first-order chi connectivity index (χ1) is 19.4. The Bertz CT molecular complexity index is 1460. The maximum Gasteiger partial charge on any atom is 0.400 e. The lowest BCUT2D eigenvalue weighted by atomic mass is 9.82. The van der Waals surface area contributed by atoms with Gasteiger partial charge in [-0.05, 0) is 84.4 Å². The summed E-state index contributed by atoms with van der Waals surface area (Å²) in [6.07, 6.45) is 1.15. The molecule has 3 aromatic rings. The second-order valence-corrected chi connectivity index (χ2v) is 10.3. The van der Waals surface area contributed by atoms with Crippen molar-refractivity contribution in [3.8, 4) is 16.9 Å². The maximum atomic E-state index is 15.0. The van der Waals surface area contributed by atoms with Crippen LogP contribution in [-0.4, -0.2) is 6.11 Å². The SMILES string of the molecule is C=C(/C=C(F)\C(=C/C)c1cc(F)c(F)c(F)c1)c1ccc(-c2ccc(OC(F)(F)C3CCC(C)CC3)cc2)cc1F. The molecular formula is C33H29F7O. The van der Waals surface area contributed by atoms with Gasteiger partial charge in [0.15, 0.2) is 17.5 Å². The van der Waals surface area contributed by atoms with Crippen molar-refractivity contribution in [3.63, 3.8) is 0 Å². The van der Waals surface area contributed by atoms with Crippen molar-refractivity contribution in [2.45, 2.75) is 45.6 Å². The number of rotatable bonds is 8. The summed E-state index contributed by atoms with van der Waals surface area (Å²) in [6, 6.07) is 11.3. The molecule has 1 fully saturated rings. The fourth-order valence-electron chi connectivity index (χ4n) is 4.97. The molecule has 0 amide bonds. The Kier molecular flexibility index (Phi) is 9.10. The van der Waals surface area contributed by atoms with Gasteiger partial charge in [-0.3, -0.25) is 0 Å². The van der Waals surface area contributed by atoms with Gasteiger partial charge in [-0.1, -0.05) is 56.7 Å². The summed E-state index contributed by atoms with van der Waals surface area (Å²) in [4.78, 5) is 0. The highest BCUT2D eigenvalue weighted by Crippen LogP contribution is 2.40. The van der Waals surface area contributed by atoms with Crippen molar-refractivity contribution in [2.24, 2.45) is 11.8 Å². The molecule has 8 heteroatoms. The normalized spacial score (nSPS) is 18.4. The first-order valence-electron chi connectivity index (χ1n) is 13.2. The van der Waals surface area contributed by atoms with Crippen LogP contribution in [0.2, 0.25) is 0 Å². The number of alkyl halides is 2. The van der Waals surface area contributed by atoms with E-state index < -0.39 is 41.1 Å². The van der Waals surface area contributed by atoms with Crippen LogP contribution in [0.1, 0.15) is 50.7 Å². The fraction of sp³-hybridized carbons (Fsp3) is 0.273. The van der Waals surface area contributed by atoms with Gasteiger partial charge in [0.05, 0.1) is 5.92 Å². The molecule has 0 heterocycles. The van der Waals surface area contributed by atoms with Crippen LogP contribution in [0, 0.1) is 35.1 Å². The monoisotopic (exact) mass is 574 g/mol. The molecule has 0 N–H and O–H groups in total. The number of ether oxygens (including phenoxy) is 1. The molecule has 0 radical (unpaired) electrons. The Labute approximate surface area is 234 Å². The topological polar surface area (TPSA) is 9.23 Å². The first kappa shape index (κ1) is 30.2. The van der Waals surface area contributed by atoms with E-state index in [0.29, 0.717) is 42.0 Å². The number of halogens is 7. The Morgan fingerprint density at radius 2 is 1.44 bits per heavy atom. The van der Waals surface area contributed by atoms with Gasteiger partial charge in [0.1, 0.15) is 17.4 Å². The largest absolute Gasteiger partial charge is 0.432 e. The molecule has 4 rings (SSSR count). The molecule has 1 aliphatic carbocycles. The zero-order chi connectivity index (χ0) is 29.9. The van der Waals surface area contributed by atoms with E-state index in [0.717, 1.165) is 18.9 Å². The van der Waals surface area contributed by atoms with Gasteiger partial charge in [0.25, 0.3) is 0 Å². The van der Waals surface area contributed by atoms with Gasteiger partial charge in [-0.2, -0.15) is 8.78 Å². The zero-order valence-corrected chi connectivity index (χ0v) is 22.6. The Hall–Kier alpha value is -3.81. The van der Waals surface area contributed by atoms with Crippen LogP contribution in [0.3, 0.4) is 0 Å². The minimum atomic E-state index is -3.29. The molecule has 0 atom stereocenters. The molecule has 0 unspecified atom stereocenters. The molecule has 41 heavy (non-hydrogen) atoms. The molecule has 3 aromatic carbocycles. The van der Waals surface area contributed by atoms with Crippen LogP contribution in [0.25, 0.3) is 22.3 Å². The minimum Gasteiger partial charge on any atom is -0.432 e.